The zero-order chi connectivity index (χ0) is 15.2. The monoisotopic (exact) mass is 280 g/mol. The Bertz CT molecular complexity index is 693. The average Bonchev–Trinajstić information content (AvgIpc) is 2.90. The molecule has 1 amide bonds. The number of nitriles is 1. The molecule has 0 aliphatic heterocycles. The van der Waals surface area contributed by atoms with E-state index in [1.807, 2.05) is 43.3 Å². The van der Waals surface area contributed by atoms with E-state index in [9.17, 15) is 4.79 Å². The summed E-state index contributed by atoms with van der Waals surface area (Å²) in [4.78, 5) is 12.1. The van der Waals surface area contributed by atoms with Crippen molar-refractivity contribution in [2.75, 3.05) is 0 Å². The molecule has 4 heteroatoms. The average molecular weight is 280 g/mol. The Morgan fingerprint density at radius 1 is 1.29 bits per heavy atom. The number of nitrogens with zero attached hydrogens (tertiary/aromatic N) is 1. The fraction of sp³-hybridized carbons (Fsp3) is 0.176. The van der Waals surface area contributed by atoms with E-state index in [0.717, 1.165) is 11.3 Å². The highest BCUT2D eigenvalue weighted by Crippen LogP contribution is 2.14. The van der Waals surface area contributed by atoms with Crippen LogP contribution in [0.1, 0.15) is 30.0 Å². The highest BCUT2D eigenvalue weighted by atomic mass is 16.3. The van der Waals surface area contributed by atoms with Gasteiger partial charge in [0.05, 0.1) is 6.04 Å². The van der Waals surface area contributed by atoms with Gasteiger partial charge in [0.25, 0.3) is 5.91 Å². The molecule has 1 heterocycles. The molecule has 0 unspecified atom stereocenters. The van der Waals surface area contributed by atoms with Crippen molar-refractivity contribution in [1.29, 1.82) is 5.26 Å². The van der Waals surface area contributed by atoms with E-state index >= 15 is 0 Å². The van der Waals surface area contributed by atoms with E-state index in [4.69, 9.17) is 9.68 Å². The molecular weight excluding hydrogens is 264 g/mol. The van der Waals surface area contributed by atoms with Gasteiger partial charge >= 0.3 is 0 Å². The largest absolute Gasteiger partial charge is 0.462 e. The Balaban J connectivity index is 2.11. The lowest BCUT2D eigenvalue weighted by molar-refractivity contribution is -0.117. The number of carbonyl (C=O) groups excluding carboxylic acids is 1. The second-order valence-electron chi connectivity index (χ2n) is 4.72. The number of aryl methyl sites for hydroxylation is 1. The van der Waals surface area contributed by atoms with Crippen molar-refractivity contribution in [1.82, 2.24) is 5.32 Å². The van der Waals surface area contributed by atoms with Gasteiger partial charge in [-0.05, 0) is 31.5 Å². The van der Waals surface area contributed by atoms with Crippen molar-refractivity contribution < 1.29 is 9.21 Å². The third-order valence-corrected chi connectivity index (χ3v) is 3.06. The van der Waals surface area contributed by atoms with Gasteiger partial charge in [0.2, 0.25) is 0 Å². The number of carbonyl (C=O) groups is 1. The molecule has 0 aliphatic carbocycles. The lowest BCUT2D eigenvalue weighted by Gasteiger charge is -2.13. The molecule has 0 aliphatic rings. The zero-order valence-electron chi connectivity index (χ0n) is 12.0. The Kier molecular flexibility index (Phi) is 4.57. The summed E-state index contributed by atoms with van der Waals surface area (Å²) in [7, 11) is 0. The summed E-state index contributed by atoms with van der Waals surface area (Å²) in [6, 6.07) is 14.8. The number of hydrogen-bond acceptors (Lipinski definition) is 3. The summed E-state index contributed by atoms with van der Waals surface area (Å²) in [6.07, 6.45) is 1.44. The molecule has 1 N–H and O–H groups in total. The number of benzene rings is 1. The highest BCUT2D eigenvalue weighted by molar-refractivity contribution is 6.01. The van der Waals surface area contributed by atoms with E-state index in [1.165, 1.54) is 6.08 Å². The topological polar surface area (TPSA) is 66.0 Å². The maximum absolute atomic E-state index is 12.1. The van der Waals surface area contributed by atoms with Crippen LogP contribution in [0.5, 0.6) is 0 Å². The molecule has 1 aromatic carbocycles. The predicted octanol–water partition coefficient (Wildman–Crippen LogP) is 3.37. The van der Waals surface area contributed by atoms with E-state index in [1.54, 1.807) is 19.1 Å². The maximum Gasteiger partial charge on any atom is 0.262 e. The lowest BCUT2D eigenvalue weighted by Crippen LogP contribution is -2.27. The fourth-order valence-corrected chi connectivity index (χ4v) is 1.92. The Morgan fingerprint density at radius 3 is 2.57 bits per heavy atom. The van der Waals surface area contributed by atoms with Crippen LogP contribution in [0.15, 0.2) is 52.5 Å². The first-order chi connectivity index (χ1) is 10.1. The molecular formula is C17H16N2O2. The second-order valence-corrected chi connectivity index (χ2v) is 4.72. The molecule has 4 nitrogen and oxygen atoms in total. The molecule has 21 heavy (non-hydrogen) atoms. The van der Waals surface area contributed by atoms with Gasteiger partial charge in [0.1, 0.15) is 23.2 Å². The van der Waals surface area contributed by atoms with Gasteiger partial charge < -0.3 is 9.73 Å². The smallest absolute Gasteiger partial charge is 0.262 e. The number of furan rings is 1. The molecule has 0 saturated carbocycles. The van der Waals surface area contributed by atoms with Crippen molar-refractivity contribution in [3.8, 4) is 6.07 Å². The van der Waals surface area contributed by atoms with Crippen LogP contribution in [0.2, 0.25) is 0 Å². The molecule has 0 radical (unpaired) electrons. The summed E-state index contributed by atoms with van der Waals surface area (Å²) in [6.45, 7) is 3.68. The Morgan fingerprint density at radius 2 is 2.00 bits per heavy atom. The zero-order valence-corrected chi connectivity index (χ0v) is 12.0. The van der Waals surface area contributed by atoms with Crippen molar-refractivity contribution in [2.24, 2.45) is 0 Å². The normalized spacial score (nSPS) is 12.5. The van der Waals surface area contributed by atoms with Crippen LogP contribution in [0, 0.1) is 18.3 Å². The van der Waals surface area contributed by atoms with E-state index in [2.05, 4.69) is 5.32 Å². The van der Waals surface area contributed by atoms with E-state index in [0.29, 0.717) is 5.76 Å². The Hall–Kier alpha value is -2.80. The van der Waals surface area contributed by atoms with Crippen LogP contribution in [0.25, 0.3) is 6.08 Å². The van der Waals surface area contributed by atoms with Crippen molar-refractivity contribution in [3.05, 3.63) is 65.1 Å². The minimum absolute atomic E-state index is 0.0205. The van der Waals surface area contributed by atoms with Gasteiger partial charge in [-0.1, -0.05) is 30.3 Å². The second kappa shape index (κ2) is 6.58. The summed E-state index contributed by atoms with van der Waals surface area (Å²) < 4.78 is 5.35. The first kappa shape index (κ1) is 14.6. The first-order valence-corrected chi connectivity index (χ1v) is 6.64. The van der Waals surface area contributed by atoms with Gasteiger partial charge in [-0.15, -0.1) is 0 Å². The molecule has 2 aromatic rings. The van der Waals surface area contributed by atoms with Crippen molar-refractivity contribution in [3.63, 3.8) is 0 Å². The van der Waals surface area contributed by atoms with Crippen molar-refractivity contribution >= 4 is 12.0 Å². The van der Waals surface area contributed by atoms with Gasteiger partial charge in [0.15, 0.2) is 0 Å². The SMILES string of the molecule is Cc1ccc(/C=C(/C#N)C(=O)N[C@H](C)c2ccccc2)o1. The maximum atomic E-state index is 12.1. The molecule has 0 bridgehead atoms. The third-order valence-electron chi connectivity index (χ3n) is 3.06. The van der Waals surface area contributed by atoms with Crippen LogP contribution in [0.3, 0.4) is 0 Å². The minimum atomic E-state index is -0.414. The number of hydrogen-bond donors (Lipinski definition) is 1. The lowest BCUT2D eigenvalue weighted by atomic mass is 10.1. The molecule has 0 fully saturated rings. The molecule has 1 atom stereocenters. The quantitative estimate of drug-likeness (QED) is 0.689. The standard InChI is InChI=1S/C17H16N2O2/c1-12-8-9-16(21-12)10-15(11-18)17(20)19-13(2)14-6-4-3-5-7-14/h3-10,13H,1-2H3,(H,19,20)/b15-10-/t13-/m1/s1. The van der Waals surface area contributed by atoms with E-state index in [-0.39, 0.29) is 11.6 Å². The van der Waals surface area contributed by atoms with Gasteiger partial charge in [0, 0.05) is 6.08 Å². The molecule has 1 aromatic heterocycles. The number of rotatable bonds is 4. The van der Waals surface area contributed by atoms with E-state index < -0.39 is 5.91 Å². The first-order valence-electron chi connectivity index (χ1n) is 6.64. The number of amides is 1. The number of nitrogens with one attached hydrogen (secondary N) is 1. The molecule has 2 rings (SSSR count). The Labute approximate surface area is 123 Å². The van der Waals surface area contributed by atoms with Gasteiger partial charge in [-0.2, -0.15) is 5.26 Å². The van der Waals surface area contributed by atoms with Gasteiger partial charge in [-0.3, -0.25) is 4.79 Å². The van der Waals surface area contributed by atoms with Crippen molar-refractivity contribution in [2.45, 2.75) is 19.9 Å². The van der Waals surface area contributed by atoms with Crippen LogP contribution in [-0.4, -0.2) is 5.91 Å². The van der Waals surface area contributed by atoms with Crippen LogP contribution in [-0.2, 0) is 4.79 Å². The summed E-state index contributed by atoms with van der Waals surface area (Å²) in [5.74, 6) is 0.811. The van der Waals surface area contributed by atoms with Gasteiger partial charge in [-0.25, -0.2) is 0 Å². The van der Waals surface area contributed by atoms with Crippen LogP contribution >= 0.6 is 0 Å². The highest BCUT2D eigenvalue weighted by Gasteiger charge is 2.14. The third kappa shape index (κ3) is 3.83. The molecule has 106 valence electrons. The summed E-state index contributed by atoms with van der Waals surface area (Å²) in [5, 5.41) is 11.9. The summed E-state index contributed by atoms with van der Waals surface area (Å²) >= 11 is 0. The van der Waals surface area contributed by atoms with Crippen LogP contribution in [0.4, 0.5) is 0 Å². The molecule has 0 spiro atoms. The summed E-state index contributed by atoms with van der Waals surface area (Å²) in [5.41, 5.74) is 1.00. The van der Waals surface area contributed by atoms with Crippen LogP contribution < -0.4 is 5.32 Å². The fourth-order valence-electron chi connectivity index (χ4n) is 1.92. The minimum Gasteiger partial charge on any atom is -0.462 e. The molecule has 0 saturated heterocycles. The predicted molar refractivity (Wildman–Crippen MR) is 80.0 cm³/mol.